The Bertz CT molecular complexity index is 1290. The Morgan fingerprint density at radius 2 is 2.03 bits per heavy atom. The van der Waals surface area contributed by atoms with E-state index in [0.29, 0.717) is 24.3 Å². The minimum atomic E-state index is -0.608. The second-order valence-corrected chi connectivity index (χ2v) is 12.2. The van der Waals surface area contributed by atoms with Crippen LogP contribution in [0.25, 0.3) is 11.0 Å². The van der Waals surface area contributed by atoms with Gasteiger partial charge in [-0.05, 0) is 79.9 Å². The smallest absolute Gasteiger partial charge is 0.282 e. The zero-order chi connectivity index (χ0) is 26.1. The highest BCUT2D eigenvalue weighted by molar-refractivity contribution is 5.92. The molecule has 2 heterocycles. The number of hydrogen-bond donors (Lipinski definition) is 2. The van der Waals surface area contributed by atoms with E-state index in [4.69, 9.17) is 4.74 Å². The van der Waals surface area contributed by atoms with E-state index in [-0.39, 0.29) is 28.7 Å². The normalized spacial score (nSPS) is 37.0. The molecule has 4 aliphatic rings. The number of methoxy groups -OCH3 is 1. The molecule has 1 aromatic heterocycles. The number of aromatic amines is 1. The van der Waals surface area contributed by atoms with Crippen molar-refractivity contribution in [1.29, 1.82) is 0 Å². The van der Waals surface area contributed by atoms with E-state index in [1.807, 2.05) is 18.2 Å². The van der Waals surface area contributed by atoms with Crippen LogP contribution in [-0.4, -0.2) is 46.9 Å². The summed E-state index contributed by atoms with van der Waals surface area (Å²) in [5.41, 5.74) is 1.33. The minimum absolute atomic E-state index is 0.0312. The molecule has 3 saturated carbocycles. The number of halogens is 1. The van der Waals surface area contributed by atoms with Gasteiger partial charge in [-0.1, -0.05) is 13.8 Å². The van der Waals surface area contributed by atoms with Crippen LogP contribution >= 0.6 is 0 Å². The number of fused-ring (bicyclic) bond motifs is 6. The summed E-state index contributed by atoms with van der Waals surface area (Å²) in [6, 6.07) is 5.76. The Hall–Kier alpha value is -2.90. The van der Waals surface area contributed by atoms with Crippen LogP contribution in [0.3, 0.4) is 0 Å². The summed E-state index contributed by atoms with van der Waals surface area (Å²) in [6.07, 6.45) is 7.40. The van der Waals surface area contributed by atoms with E-state index in [1.54, 1.807) is 25.1 Å². The highest BCUT2D eigenvalue weighted by Crippen LogP contribution is 2.65. The van der Waals surface area contributed by atoms with Crippen molar-refractivity contribution < 1.29 is 18.7 Å². The first-order valence-electron chi connectivity index (χ1n) is 13.6. The number of H-pyrrole nitrogens is 1. The summed E-state index contributed by atoms with van der Waals surface area (Å²) < 4.78 is 19.9. The molecular weight excluding hydrogens is 471 g/mol. The molecule has 37 heavy (non-hydrogen) atoms. The Kier molecular flexibility index (Phi) is 5.66. The third-order valence-corrected chi connectivity index (χ3v) is 10.6. The van der Waals surface area contributed by atoms with Crippen LogP contribution in [-0.2, 0) is 16.1 Å². The molecule has 1 aliphatic heterocycles. The fraction of sp³-hybridized carbons (Fsp3) is 0.621. The van der Waals surface area contributed by atoms with Crippen molar-refractivity contribution in [3.8, 4) is 5.75 Å². The summed E-state index contributed by atoms with van der Waals surface area (Å²) in [4.78, 5) is 35.3. The van der Waals surface area contributed by atoms with Gasteiger partial charge in [-0.3, -0.25) is 9.59 Å². The molecule has 0 spiro atoms. The fourth-order valence-electron chi connectivity index (χ4n) is 8.80. The highest BCUT2D eigenvalue weighted by Gasteiger charge is 2.62. The molecule has 1 aromatic carbocycles. The second-order valence-electron chi connectivity index (χ2n) is 12.2. The van der Waals surface area contributed by atoms with Crippen molar-refractivity contribution >= 4 is 22.8 Å². The number of hydrogen-bond acceptors (Lipinski definition) is 4. The van der Waals surface area contributed by atoms with Gasteiger partial charge in [-0.15, -0.1) is 0 Å². The molecule has 3 fully saturated rings. The maximum Gasteiger partial charge on any atom is 0.282 e. The maximum absolute atomic E-state index is 14.6. The van der Waals surface area contributed by atoms with Crippen molar-refractivity contribution in [2.45, 2.75) is 65.0 Å². The number of nitrogens with zero attached hydrogens (tertiary/aromatic N) is 2. The lowest BCUT2D eigenvalue weighted by atomic mass is 9.47. The molecule has 3 aliphatic carbocycles. The number of carbonyl (C=O) groups excluding carboxylic acids is 2. The topological polar surface area (TPSA) is 87.3 Å². The lowest BCUT2D eigenvalue weighted by Crippen LogP contribution is -2.60. The van der Waals surface area contributed by atoms with E-state index < -0.39 is 11.7 Å². The first-order chi connectivity index (χ1) is 17.7. The molecule has 2 aromatic rings. The third kappa shape index (κ3) is 3.62. The van der Waals surface area contributed by atoms with Crippen molar-refractivity contribution in [3.05, 3.63) is 35.9 Å². The molecule has 7 atom stereocenters. The number of imidazole rings is 1. The first kappa shape index (κ1) is 24.4. The van der Waals surface area contributed by atoms with Gasteiger partial charge in [0.05, 0.1) is 24.7 Å². The van der Waals surface area contributed by atoms with E-state index >= 15 is 0 Å². The fourth-order valence-corrected chi connectivity index (χ4v) is 8.80. The van der Waals surface area contributed by atoms with Gasteiger partial charge >= 0.3 is 0 Å². The largest absolute Gasteiger partial charge is 0.497 e. The lowest BCUT2D eigenvalue weighted by molar-refractivity contribution is -0.145. The molecular formula is C29H37FN4O3. The second kappa shape index (κ2) is 8.57. The predicted molar refractivity (Wildman–Crippen MR) is 138 cm³/mol. The third-order valence-electron chi connectivity index (χ3n) is 10.6. The number of carbonyl (C=O) groups is 2. The van der Waals surface area contributed by atoms with E-state index in [1.165, 1.54) is 0 Å². The summed E-state index contributed by atoms with van der Waals surface area (Å²) in [5, 5.41) is 3.16. The van der Waals surface area contributed by atoms with E-state index in [2.05, 4.69) is 29.1 Å². The average molecular weight is 509 g/mol. The number of amides is 2. The quantitative estimate of drug-likeness (QED) is 0.625. The van der Waals surface area contributed by atoms with Gasteiger partial charge in [0.2, 0.25) is 5.91 Å². The molecule has 2 N–H and O–H groups in total. The van der Waals surface area contributed by atoms with Crippen molar-refractivity contribution in [1.82, 2.24) is 20.2 Å². The summed E-state index contributed by atoms with van der Waals surface area (Å²) in [6.45, 7) is 4.82. The summed E-state index contributed by atoms with van der Waals surface area (Å²) in [7, 11) is 3.38. The van der Waals surface area contributed by atoms with Crippen molar-refractivity contribution in [2.75, 3.05) is 14.2 Å². The average Bonchev–Trinajstić information content (AvgIpc) is 3.45. The molecule has 0 unspecified atom stereocenters. The number of nitrogens with one attached hydrogen (secondary N) is 2. The summed E-state index contributed by atoms with van der Waals surface area (Å²) >= 11 is 0. The number of ether oxygens (including phenoxy) is 1. The Morgan fingerprint density at radius 3 is 2.81 bits per heavy atom. The Labute approximate surface area is 217 Å². The number of likely N-dealkylation sites (N-methyl/N-ethyl adjacent to an activating group) is 1. The first-order valence-corrected chi connectivity index (χ1v) is 13.6. The van der Waals surface area contributed by atoms with Gasteiger partial charge < -0.3 is 19.9 Å². The van der Waals surface area contributed by atoms with Gasteiger partial charge in [0.1, 0.15) is 11.6 Å². The van der Waals surface area contributed by atoms with Gasteiger partial charge in [-0.2, -0.15) is 0 Å². The van der Waals surface area contributed by atoms with Crippen LogP contribution in [0.15, 0.2) is 30.1 Å². The molecule has 0 radical (unpaired) electrons. The lowest BCUT2D eigenvalue weighted by Gasteiger charge is -2.60. The van der Waals surface area contributed by atoms with Crippen molar-refractivity contribution in [2.24, 2.45) is 34.5 Å². The Balaban J connectivity index is 1.17. The number of rotatable bonds is 4. The minimum Gasteiger partial charge on any atom is -0.497 e. The van der Waals surface area contributed by atoms with Crippen LogP contribution < -0.4 is 10.1 Å². The van der Waals surface area contributed by atoms with Crippen molar-refractivity contribution in [3.63, 3.8) is 0 Å². The standard InChI is InChI=1S/C29H37FN4O3/c1-28-12-11-19-17(6-10-24-29(19,2)14-21(30)27(36)34(24)3)18(28)7-8-20(28)26(35)31-15-25-32-22-9-5-16(37-4)13-23(22)33-25/h5,9,13-14,17-20,24H,6-8,10-12,15H2,1-4H3,(H,31,35)(H,32,33)/t17-,18-,19-,20+,24+,28-,29+/m0/s1. The van der Waals surface area contributed by atoms with Crippen LogP contribution in [0.5, 0.6) is 5.75 Å². The van der Waals surface area contributed by atoms with E-state index in [0.717, 1.165) is 61.1 Å². The van der Waals surface area contributed by atoms with E-state index in [9.17, 15) is 14.0 Å². The Morgan fingerprint density at radius 1 is 1.22 bits per heavy atom. The van der Waals surface area contributed by atoms with Crippen LogP contribution in [0.2, 0.25) is 0 Å². The molecule has 7 nitrogen and oxygen atoms in total. The number of aromatic nitrogens is 2. The highest BCUT2D eigenvalue weighted by atomic mass is 19.1. The monoisotopic (exact) mass is 508 g/mol. The van der Waals surface area contributed by atoms with Crippen LogP contribution in [0.4, 0.5) is 4.39 Å². The van der Waals surface area contributed by atoms with Crippen LogP contribution in [0.1, 0.15) is 58.2 Å². The number of benzene rings is 1. The van der Waals surface area contributed by atoms with Gasteiger partial charge in [0, 0.05) is 30.5 Å². The predicted octanol–water partition coefficient (Wildman–Crippen LogP) is 4.74. The summed E-state index contributed by atoms with van der Waals surface area (Å²) in [5.74, 6) is 1.70. The molecule has 8 heteroatoms. The zero-order valence-electron chi connectivity index (χ0n) is 22.1. The molecule has 6 rings (SSSR count). The van der Waals surface area contributed by atoms with Crippen LogP contribution in [0, 0.1) is 34.5 Å². The zero-order valence-corrected chi connectivity index (χ0v) is 22.1. The maximum atomic E-state index is 14.6. The molecule has 198 valence electrons. The van der Waals surface area contributed by atoms with Gasteiger partial charge in [0.15, 0.2) is 5.83 Å². The SMILES string of the molecule is COc1ccc2[nH]c(CNC(=O)[C@H]3CC[C@H]4[C@@H]5CC[C@H]6N(C)C(=O)C(F)=C[C@]6(C)[C@H]5CC[C@]34C)nc2c1. The molecule has 2 amide bonds. The van der Waals surface area contributed by atoms with Gasteiger partial charge in [0.25, 0.3) is 5.91 Å². The molecule has 0 bridgehead atoms. The van der Waals surface area contributed by atoms with Gasteiger partial charge in [-0.25, -0.2) is 9.37 Å². The molecule has 0 saturated heterocycles.